The zero-order valence-corrected chi connectivity index (χ0v) is 6.77. The molecular weight excluding hydrogens is 157 g/mol. The van der Waals surface area contributed by atoms with Crippen LogP contribution in [-0.2, 0) is 4.84 Å². The van der Waals surface area contributed by atoms with E-state index in [0.29, 0.717) is 11.2 Å². The van der Waals surface area contributed by atoms with E-state index in [4.69, 9.17) is 14.9 Å². The predicted molar refractivity (Wildman–Crippen MR) is 44.9 cm³/mol. The van der Waals surface area contributed by atoms with E-state index in [1.54, 1.807) is 24.3 Å². The summed E-state index contributed by atoms with van der Waals surface area (Å²) in [6.07, 6.45) is 0. The van der Waals surface area contributed by atoms with Gasteiger partial charge in [0.1, 0.15) is 0 Å². The Kier molecular flexibility index (Phi) is 3.24. The van der Waals surface area contributed by atoms with Crippen LogP contribution in [0.1, 0.15) is 0 Å². The van der Waals surface area contributed by atoms with Gasteiger partial charge in [0, 0.05) is 11.5 Å². The highest BCUT2D eigenvalue weighted by molar-refractivity contribution is 6.60. The van der Waals surface area contributed by atoms with Crippen molar-refractivity contribution in [1.82, 2.24) is 0 Å². The fourth-order valence-electron chi connectivity index (χ4n) is 0.980. The highest BCUT2D eigenvalue weighted by Gasteiger charge is 2.17. The van der Waals surface area contributed by atoms with Crippen LogP contribution in [0, 0.1) is 0 Å². The molecule has 0 saturated carbocycles. The Labute approximate surface area is 70.9 Å². The summed E-state index contributed by atoms with van der Waals surface area (Å²) >= 11 is 0. The van der Waals surface area contributed by atoms with E-state index >= 15 is 0 Å². The number of hydrogen-bond donors (Lipinski definition) is 3. The quantitative estimate of drug-likeness (QED) is 0.281. The molecule has 0 aromatic heterocycles. The number of hydrogen-bond acceptors (Lipinski definition) is 3. The average Bonchev–Trinajstić information content (AvgIpc) is 2.05. The van der Waals surface area contributed by atoms with Gasteiger partial charge in [-0.05, 0) is 0 Å². The highest BCUT2D eigenvalue weighted by atomic mass is 16.6. The van der Waals surface area contributed by atoms with Crippen LogP contribution in [0.4, 0.5) is 5.69 Å². The molecule has 0 fully saturated rings. The molecule has 12 heavy (non-hydrogen) atoms. The number of rotatable bonds is 3. The SMILES string of the molecule is CO[NH2+]c1ccccc1B(O)O. The van der Waals surface area contributed by atoms with Crippen LogP contribution in [-0.4, -0.2) is 24.3 Å². The van der Waals surface area contributed by atoms with Crippen LogP contribution in [0.15, 0.2) is 24.3 Å². The lowest BCUT2D eigenvalue weighted by Gasteiger charge is -2.02. The van der Waals surface area contributed by atoms with Crippen molar-refractivity contribution < 1.29 is 20.4 Å². The Morgan fingerprint density at radius 2 is 2.00 bits per heavy atom. The first kappa shape index (κ1) is 9.21. The second-order valence-electron chi connectivity index (χ2n) is 2.36. The molecule has 0 aliphatic carbocycles. The molecule has 64 valence electrons. The molecule has 0 radical (unpaired) electrons. The van der Waals surface area contributed by atoms with E-state index in [1.165, 1.54) is 12.6 Å². The Balaban J connectivity index is 2.92. The Morgan fingerprint density at radius 1 is 1.33 bits per heavy atom. The summed E-state index contributed by atoms with van der Waals surface area (Å²) in [5, 5.41) is 17.8. The molecule has 0 heterocycles. The van der Waals surface area contributed by atoms with Crippen LogP contribution >= 0.6 is 0 Å². The van der Waals surface area contributed by atoms with Gasteiger partial charge in [-0.3, -0.25) is 0 Å². The molecule has 0 aliphatic rings. The Bertz CT molecular complexity index is 254. The van der Waals surface area contributed by atoms with Gasteiger partial charge in [0.2, 0.25) is 0 Å². The van der Waals surface area contributed by atoms with E-state index in [-0.39, 0.29) is 0 Å². The van der Waals surface area contributed by atoms with E-state index in [9.17, 15) is 0 Å². The van der Waals surface area contributed by atoms with Crippen molar-refractivity contribution in [3.8, 4) is 0 Å². The van der Waals surface area contributed by atoms with Gasteiger partial charge >= 0.3 is 7.12 Å². The predicted octanol–water partition coefficient (Wildman–Crippen LogP) is -1.88. The summed E-state index contributed by atoms with van der Waals surface area (Å²) in [5.74, 6) is 0. The van der Waals surface area contributed by atoms with Gasteiger partial charge in [-0.25, -0.2) is 4.84 Å². The van der Waals surface area contributed by atoms with E-state index in [0.717, 1.165) is 0 Å². The van der Waals surface area contributed by atoms with Crippen LogP contribution < -0.4 is 10.9 Å². The molecule has 1 rings (SSSR count). The van der Waals surface area contributed by atoms with Gasteiger partial charge in [0.15, 0.2) is 5.69 Å². The third-order valence-corrected chi connectivity index (χ3v) is 1.52. The lowest BCUT2D eigenvalue weighted by Crippen LogP contribution is -2.78. The summed E-state index contributed by atoms with van der Waals surface area (Å²) in [6, 6.07) is 6.92. The first-order valence-electron chi connectivity index (χ1n) is 3.57. The van der Waals surface area contributed by atoms with Crippen molar-refractivity contribution in [3.05, 3.63) is 24.3 Å². The van der Waals surface area contributed by atoms with E-state index < -0.39 is 7.12 Å². The summed E-state index contributed by atoms with van der Waals surface area (Å²) in [5.41, 5.74) is 2.59. The summed E-state index contributed by atoms with van der Waals surface area (Å²) in [6.45, 7) is 0. The van der Waals surface area contributed by atoms with Gasteiger partial charge < -0.3 is 10.0 Å². The second kappa shape index (κ2) is 4.23. The molecule has 4 nitrogen and oxygen atoms in total. The second-order valence-corrected chi connectivity index (χ2v) is 2.36. The van der Waals surface area contributed by atoms with Crippen molar-refractivity contribution in [2.45, 2.75) is 0 Å². The van der Waals surface area contributed by atoms with Crippen molar-refractivity contribution >= 4 is 18.3 Å². The first-order valence-corrected chi connectivity index (χ1v) is 3.57. The van der Waals surface area contributed by atoms with E-state index in [2.05, 4.69) is 0 Å². The highest BCUT2D eigenvalue weighted by Crippen LogP contribution is 1.95. The largest absolute Gasteiger partial charge is 0.494 e. The summed E-state index contributed by atoms with van der Waals surface area (Å²) < 4.78 is 0. The summed E-state index contributed by atoms with van der Waals surface area (Å²) in [4.78, 5) is 4.77. The van der Waals surface area contributed by atoms with Crippen LogP contribution in [0.25, 0.3) is 0 Å². The van der Waals surface area contributed by atoms with Gasteiger partial charge in [0.25, 0.3) is 0 Å². The molecule has 0 spiro atoms. The molecule has 1 aromatic carbocycles. The number of quaternary nitrogens is 1. The minimum Gasteiger partial charge on any atom is -0.423 e. The monoisotopic (exact) mass is 168 g/mol. The van der Waals surface area contributed by atoms with Crippen LogP contribution in [0.3, 0.4) is 0 Å². The molecule has 4 N–H and O–H groups in total. The Hall–Kier alpha value is -0.875. The zero-order valence-electron chi connectivity index (χ0n) is 6.77. The molecule has 0 aliphatic heterocycles. The van der Waals surface area contributed by atoms with Gasteiger partial charge in [-0.1, -0.05) is 18.2 Å². The lowest BCUT2D eigenvalue weighted by atomic mass is 9.79. The van der Waals surface area contributed by atoms with Crippen molar-refractivity contribution in [2.75, 3.05) is 7.11 Å². The number of benzene rings is 1. The average molecular weight is 168 g/mol. The van der Waals surface area contributed by atoms with Gasteiger partial charge in [-0.15, -0.1) is 0 Å². The zero-order chi connectivity index (χ0) is 8.97. The minimum absolute atomic E-state index is 0.444. The fourth-order valence-corrected chi connectivity index (χ4v) is 0.980. The topological polar surface area (TPSA) is 66.3 Å². The smallest absolute Gasteiger partial charge is 0.423 e. The fraction of sp³-hybridized carbons (Fsp3) is 0.143. The van der Waals surface area contributed by atoms with Crippen molar-refractivity contribution in [2.24, 2.45) is 0 Å². The maximum Gasteiger partial charge on any atom is 0.494 e. The lowest BCUT2D eigenvalue weighted by molar-refractivity contribution is -0.829. The molecule has 0 saturated heterocycles. The Morgan fingerprint density at radius 3 is 2.58 bits per heavy atom. The number of nitrogens with two attached hydrogens (primary N) is 1. The molecule has 0 atom stereocenters. The van der Waals surface area contributed by atoms with Gasteiger partial charge in [0.05, 0.1) is 7.11 Å². The molecular formula is C7H11BNO3+. The molecule has 5 heteroatoms. The minimum atomic E-state index is -1.45. The first-order chi connectivity index (χ1) is 5.75. The van der Waals surface area contributed by atoms with Gasteiger partial charge in [-0.2, -0.15) is 5.48 Å². The molecule has 0 amide bonds. The molecule has 0 bridgehead atoms. The van der Waals surface area contributed by atoms with Crippen molar-refractivity contribution in [3.63, 3.8) is 0 Å². The normalized spacial score (nSPS) is 9.92. The van der Waals surface area contributed by atoms with Crippen LogP contribution in [0.2, 0.25) is 0 Å². The third kappa shape index (κ3) is 2.05. The third-order valence-electron chi connectivity index (χ3n) is 1.52. The summed E-state index contributed by atoms with van der Waals surface area (Å²) in [7, 11) is 0.0631. The maximum atomic E-state index is 8.91. The molecule has 1 aromatic rings. The standard InChI is InChI=1S/C7H10BNO3/c1-12-9-7-5-3-2-4-6(7)8(10)11/h2-5,9-11H,1H3/p+1. The van der Waals surface area contributed by atoms with E-state index in [1.807, 2.05) is 0 Å². The molecule has 0 unspecified atom stereocenters. The van der Waals surface area contributed by atoms with Crippen LogP contribution in [0.5, 0.6) is 0 Å². The maximum absolute atomic E-state index is 8.91. The van der Waals surface area contributed by atoms with Crippen molar-refractivity contribution in [1.29, 1.82) is 0 Å².